The first-order chi connectivity index (χ1) is 11.9. The summed E-state index contributed by atoms with van der Waals surface area (Å²) in [4.78, 5) is 2.06. The Hall–Kier alpha value is -1.09. The Morgan fingerprint density at radius 3 is 2.07 bits per heavy atom. The third-order valence-electron chi connectivity index (χ3n) is 4.39. The summed E-state index contributed by atoms with van der Waals surface area (Å²) in [5, 5.41) is 3.22. The predicted octanol–water partition coefficient (Wildman–Crippen LogP) is 3.84. The number of methoxy groups -OCH3 is 3. The monoisotopic (exact) mass is 434 g/mol. The molecule has 5 nitrogen and oxygen atoms in total. The molecule has 0 aliphatic carbocycles. The van der Waals surface area contributed by atoms with E-state index in [4.69, 9.17) is 14.2 Å². The lowest BCUT2D eigenvalue weighted by Crippen LogP contribution is -2.45. The molecule has 0 amide bonds. The van der Waals surface area contributed by atoms with Crippen LogP contribution in [0.2, 0.25) is 0 Å². The molecule has 1 aliphatic rings. The summed E-state index contributed by atoms with van der Waals surface area (Å²) in [6.45, 7) is 2.86. The number of benzene rings is 1. The van der Waals surface area contributed by atoms with Crippen molar-refractivity contribution in [2.75, 3.05) is 47.5 Å². The Morgan fingerprint density at radius 2 is 1.59 bits per heavy atom. The van der Waals surface area contributed by atoms with E-state index >= 15 is 0 Å². The van der Waals surface area contributed by atoms with Crippen molar-refractivity contribution >= 4 is 24.8 Å². The molecule has 0 unspecified atom stereocenters. The lowest BCUT2D eigenvalue weighted by molar-refractivity contribution is -0.138. The minimum absolute atomic E-state index is 0. The molecule has 0 aromatic heterocycles. The Labute approximate surface area is 170 Å². The number of alkyl halides is 3. The minimum atomic E-state index is -4.20. The zero-order valence-electron chi connectivity index (χ0n) is 15.6. The van der Waals surface area contributed by atoms with Gasteiger partial charge in [-0.1, -0.05) is 0 Å². The Kier molecular flexibility index (Phi) is 11.2. The highest BCUT2D eigenvalue weighted by atomic mass is 35.5. The van der Waals surface area contributed by atoms with Crippen LogP contribution < -0.4 is 19.5 Å². The van der Waals surface area contributed by atoms with Gasteiger partial charge in [0.15, 0.2) is 11.5 Å². The lowest BCUT2D eigenvalue weighted by Gasteiger charge is -2.36. The first-order valence-electron chi connectivity index (χ1n) is 8.21. The fraction of sp³-hybridized carbons (Fsp3) is 0.647. The number of hydrogen-bond acceptors (Lipinski definition) is 5. The van der Waals surface area contributed by atoms with E-state index in [9.17, 15) is 13.2 Å². The van der Waals surface area contributed by atoms with Crippen molar-refractivity contribution in [2.24, 2.45) is 0 Å². The van der Waals surface area contributed by atoms with Crippen molar-refractivity contribution in [1.82, 2.24) is 10.2 Å². The third-order valence-corrected chi connectivity index (χ3v) is 4.39. The second kappa shape index (κ2) is 11.7. The van der Waals surface area contributed by atoms with Gasteiger partial charge in [0.25, 0.3) is 0 Å². The molecule has 2 rings (SSSR count). The Balaban J connectivity index is 0.00000338. The van der Waals surface area contributed by atoms with E-state index in [2.05, 4.69) is 10.2 Å². The molecular formula is C17H27Cl2F3N2O3. The van der Waals surface area contributed by atoms with Crippen LogP contribution in [0.5, 0.6) is 17.2 Å². The molecule has 158 valence electrons. The normalized spacial score (nSPS) is 15.9. The SMILES string of the molecule is COc1ccc([C@H](CCC(F)(F)F)N2CCNCC2)c(OC)c1OC.Cl.Cl. The van der Waals surface area contributed by atoms with Crippen LogP contribution in [0.4, 0.5) is 13.2 Å². The van der Waals surface area contributed by atoms with Crippen molar-refractivity contribution in [3.8, 4) is 17.2 Å². The standard InChI is InChI=1S/C17H25F3N2O3.2ClH/c1-23-14-5-4-12(15(24-2)16(14)25-3)13(6-7-17(18,19)20)22-10-8-21-9-11-22;;/h4-5,13,21H,6-11H2,1-3H3;2*1H/t13-;;/m0../s1. The lowest BCUT2D eigenvalue weighted by atomic mass is 9.97. The summed E-state index contributed by atoms with van der Waals surface area (Å²) in [5.74, 6) is 1.31. The van der Waals surface area contributed by atoms with Crippen LogP contribution in [0.25, 0.3) is 0 Å². The van der Waals surface area contributed by atoms with Crippen molar-refractivity contribution in [1.29, 1.82) is 0 Å². The summed E-state index contributed by atoms with van der Waals surface area (Å²) in [6.07, 6.45) is -5.08. The van der Waals surface area contributed by atoms with Crippen molar-refractivity contribution in [3.05, 3.63) is 17.7 Å². The summed E-state index contributed by atoms with van der Waals surface area (Å²) >= 11 is 0. The summed E-state index contributed by atoms with van der Waals surface area (Å²) in [6, 6.07) is 3.07. The average Bonchev–Trinajstić information content (AvgIpc) is 2.61. The number of nitrogens with one attached hydrogen (secondary N) is 1. The van der Waals surface area contributed by atoms with Gasteiger partial charge in [0.05, 0.1) is 21.3 Å². The minimum Gasteiger partial charge on any atom is -0.493 e. The van der Waals surface area contributed by atoms with Crippen LogP contribution in [0.15, 0.2) is 12.1 Å². The molecule has 1 aliphatic heterocycles. The zero-order chi connectivity index (χ0) is 18.4. The number of piperazine rings is 1. The second-order valence-electron chi connectivity index (χ2n) is 5.88. The van der Waals surface area contributed by atoms with E-state index in [1.807, 2.05) is 0 Å². The topological polar surface area (TPSA) is 43.0 Å². The molecule has 1 heterocycles. The van der Waals surface area contributed by atoms with Gasteiger partial charge < -0.3 is 19.5 Å². The molecule has 1 aromatic carbocycles. The molecule has 0 saturated carbocycles. The summed E-state index contributed by atoms with van der Waals surface area (Å²) in [5.41, 5.74) is 0.686. The molecule has 1 saturated heterocycles. The quantitative estimate of drug-likeness (QED) is 0.705. The molecule has 0 bridgehead atoms. The second-order valence-corrected chi connectivity index (χ2v) is 5.88. The highest BCUT2D eigenvalue weighted by Gasteiger charge is 2.33. The molecular weight excluding hydrogens is 408 g/mol. The van der Waals surface area contributed by atoms with Crippen LogP contribution in [-0.4, -0.2) is 58.6 Å². The van der Waals surface area contributed by atoms with E-state index in [1.54, 1.807) is 12.1 Å². The molecule has 10 heteroatoms. The van der Waals surface area contributed by atoms with Gasteiger partial charge in [0.1, 0.15) is 0 Å². The zero-order valence-corrected chi connectivity index (χ0v) is 17.2. The van der Waals surface area contributed by atoms with Crippen molar-refractivity contribution in [2.45, 2.75) is 25.1 Å². The molecule has 0 radical (unpaired) electrons. The Bertz CT molecular complexity index is 571. The molecule has 1 N–H and O–H groups in total. The smallest absolute Gasteiger partial charge is 0.389 e. The predicted molar refractivity (Wildman–Crippen MR) is 103 cm³/mol. The van der Waals surface area contributed by atoms with E-state index in [-0.39, 0.29) is 31.2 Å². The van der Waals surface area contributed by atoms with E-state index in [1.165, 1.54) is 21.3 Å². The molecule has 0 spiro atoms. The van der Waals surface area contributed by atoms with Gasteiger partial charge in [-0.05, 0) is 18.6 Å². The van der Waals surface area contributed by atoms with E-state index < -0.39 is 18.6 Å². The van der Waals surface area contributed by atoms with Crippen LogP contribution in [0, 0.1) is 0 Å². The molecule has 1 fully saturated rings. The first-order valence-corrected chi connectivity index (χ1v) is 8.21. The van der Waals surface area contributed by atoms with Gasteiger partial charge in [0.2, 0.25) is 5.75 Å². The van der Waals surface area contributed by atoms with Crippen LogP contribution in [0.1, 0.15) is 24.4 Å². The van der Waals surface area contributed by atoms with Crippen LogP contribution in [0.3, 0.4) is 0 Å². The van der Waals surface area contributed by atoms with Crippen LogP contribution >= 0.6 is 24.8 Å². The van der Waals surface area contributed by atoms with Gasteiger partial charge in [0, 0.05) is 44.2 Å². The van der Waals surface area contributed by atoms with Gasteiger partial charge in [-0.3, -0.25) is 4.90 Å². The number of rotatable bonds is 7. The summed E-state index contributed by atoms with van der Waals surface area (Å²) in [7, 11) is 4.48. The van der Waals surface area contributed by atoms with Crippen molar-refractivity contribution in [3.63, 3.8) is 0 Å². The molecule has 1 atom stereocenters. The number of ether oxygens (including phenoxy) is 3. The highest BCUT2D eigenvalue weighted by Crippen LogP contribution is 2.45. The maximum absolute atomic E-state index is 12.8. The number of hydrogen-bond donors (Lipinski definition) is 1. The van der Waals surface area contributed by atoms with E-state index in [0.29, 0.717) is 35.9 Å². The Morgan fingerprint density at radius 1 is 1.00 bits per heavy atom. The van der Waals surface area contributed by atoms with Gasteiger partial charge in [-0.25, -0.2) is 0 Å². The van der Waals surface area contributed by atoms with Gasteiger partial charge >= 0.3 is 6.18 Å². The maximum Gasteiger partial charge on any atom is 0.389 e. The third kappa shape index (κ3) is 6.78. The number of nitrogens with zero attached hydrogens (tertiary/aromatic N) is 1. The first kappa shape index (κ1) is 25.9. The highest BCUT2D eigenvalue weighted by molar-refractivity contribution is 5.85. The average molecular weight is 435 g/mol. The van der Waals surface area contributed by atoms with E-state index in [0.717, 1.165) is 13.1 Å². The van der Waals surface area contributed by atoms with Gasteiger partial charge in [-0.2, -0.15) is 13.2 Å². The number of halogens is 5. The van der Waals surface area contributed by atoms with Crippen molar-refractivity contribution < 1.29 is 27.4 Å². The largest absolute Gasteiger partial charge is 0.493 e. The maximum atomic E-state index is 12.8. The van der Waals surface area contributed by atoms with Gasteiger partial charge in [-0.15, -0.1) is 24.8 Å². The molecule has 27 heavy (non-hydrogen) atoms. The molecule has 1 aromatic rings. The summed E-state index contributed by atoms with van der Waals surface area (Å²) < 4.78 is 54.6. The fourth-order valence-electron chi connectivity index (χ4n) is 3.22. The fourth-order valence-corrected chi connectivity index (χ4v) is 3.22. The van der Waals surface area contributed by atoms with Crippen LogP contribution in [-0.2, 0) is 0 Å².